The lowest BCUT2D eigenvalue weighted by molar-refractivity contribution is -0.384. The van der Waals surface area contributed by atoms with Crippen LogP contribution in [0.15, 0.2) is 42.5 Å². The first-order chi connectivity index (χ1) is 14.4. The molecule has 1 saturated heterocycles. The SMILES string of the molecule is O=C(Nc1cc([N+](=O)[O-])ccc1OC(F)F)[C@H](c1ccccc1F)N1CCOCC1. The number of non-ortho nitro benzene ring substituents is 1. The molecule has 1 fully saturated rings. The van der Waals surface area contributed by atoms with Gasteiger partial charge in [0.1, 0.15) is 17.6 Å². The molecule has 0 radical (unpaired) electrons. The Bertz CT molecular complexity index is 922. The molecule has 0 aromatic heterocycles. The fourth-order valence-electron chi connectivity index (χ4n) is 3.17. The number of morpholine rings is 1. The third-order valence-electron chi connectivity index (χ3n) is 4.51. The van der Waals surface area contributed by atoms with Gasteiger partial charge >= 0.3 is 6.61 Å². The van der Waals surface area contributed by atoms with Gasteiger partial charge in [-0.05, 0) is 12.1 Å². The summed E-state index contributed by atoms with van der Waals surface area (Å²) < 4.78 is 49.5. The van der Waals surface area contributed by atoms with Crippen LogP contribution >= 0.6 is 0 Å². The van der Waals surface area contributed by atoms with Crippen LogP contribution in [0.4, 0.5) is 24.5 Å². The number of nitrogens with zero attached hydrogens (tertiary/aromatic N) is 2. The zero-order chi connectivity index (χ0) is 21.7. The number of amides is 1. The molecule has 0 bridgehead atoms. The Labute approximate surface area is 169 Å². The van der Waals surface area contributed by atoms with Crippen molar-refractivity contribution in [2.24, 2.45) is 0 Å². The molecule has 0 aliphatic carbocycles. The number of hydrogen-bond acceptors (Lipinski definition) is 6. The number of ether oxygens (including phenoxy) is 2. The molecule has 0 spiro atoms. The van der Waals surface area contributed by atoms with Gasteiger partial charge < -0.3 is 14.8 Å². The van der Waals surface area contributed by atoms with Gasteiger partial charge in [0, 0.05) is 30.8 Å². The van der Waals surface area contributed by atoms with Gasteiger partial charge in [0.2, 0.25) is 5.91 Å². The molecule has 160 valence electrons. The van der Waals surface area contributed by atoms with Crippen LogP contribution in [0.5, 0.6) is 5.75 Å². The van der Waals surface area contributed by atoms with Crippen molar-refractivity contribution in [1.82, 2.24) is 4.90 Å². The number of halogens is 3. The molecule has 0 unspecified atom stereocenters. The summed E-state index contributed by atoms with van der Waals surface area (Å²) in [7, 11) is 0. The quantitative estimate of drug-likeness (QED) is 0.540. The van der Waals surface area contributed by atoms with Crippen molar-refractivity contribution < 1.29 is 32.4 Å². The van der Waals surface area contributed by atoms with Crippen molar-refractivity contribution in [1.29, 1.82) is 0 Å². The molecule has 1 N–H and O–H groups in total. The summed E-state index contributed by atoms with van der Waals surface area (Å²) in [5.41, 5.74) is -0.663. The van der Waals surface area contributed by atoms with Gasteiger partial charge in [-0.1, -0.05) is 18.2 Å². The van der Waals surface area contributed by atoms with Crippen LogP contribution in [0.1, 0.15) is 11.6 Å². The second-order valence-electron chi connectivity index (χ2n) is 6.38. The fourth-order valence-corrected chi connectivity index (χ4v) is 3.17. The summed E-state index contributed by atoms with van der Waals surface area (Å²) in [6, 6.07) is 7.44. The number of nitro benzene ring substituents is 1. The Morgan fingerprint density at radius 3 is 2.53 bits per heavy atom. The number of nitrogens with one attached hydrogen (secondary N) is 1. The molecule has 1 aliphatic rings. The van der Waals surface area contributed by atoms with E-state index in [1.807, 2.05) is 0 Å². The van der Waals surface area contributed by atoms with E-state index in [0.29, 0.717) is 26.3 Å². The number of hydrogen-bond donors (Lipinski definition) is 1. The maximum absolute atomic E-state index is 14.5. The van der Waals surface area contributed by atoms with E-state index in [9.17, 15) is 28.1 Å². The average Bonchev–Trinajstić information content (AvgIpc) is 2.71. The van der Waals surface area contributed by atoms with E-state index in [1.165, 1.54) is 18.2 Å². The zero-order valence-corrected chi connectivity index (χ0v) is 15.6. The van der Waals surface area contributed by atoms with Gasteiger partial charge in [0.15, 0.2) is 0 Å². The van der Waals surface area contributed by atoms with Crippen molar-refractivity contribution in [2.45, 2.75) is 12.7 Å². The molecule has 1 amide bonds. The first-order valence-electron chi connectivity index (χ1n) is 8.97. The molecule has 8 nitrogen and oxygen atoms in total. The van der Waals surface area contributed by atoms with Crippen LogP contribution in [0, 0.1) is 15.9 Å². The van der Waals surface area contributed by atoms with Crippen LogP contribution in [-0.4, -0.2) is 48.6 Å². The van der Waals surface area contributed by atoms with Crippen LogP contribution in [0.25, 0.3) is 0 Å². The van der Waals surface area contributed by atoms with E-state index in [4.69, 9.17) is 4.74 Å². The lowest BCUT2D eigenvalue weighted by atomic mass is 10.0. The van der Waals surface area contributed by atoms with E-state index in [2.05, 4.69) is 10.1 Å². The number of alkyl halides is 2. The number of rotatable bonds is 7. The summed E-state index contributed by atoms with van der Waals surface area (Å²) in [6.45, 7) is -1.88. The van der Waals surface area contributed by atoms with Gasteiger partial charge in [-0.3, -0.25) is 19.8 Å². The van der Waals surface area contributed by atoms with Crippen LogP contribution in [-0.2, 0) is 9.53 Å². The van der Waals surface area contributed by atoms with Gasteiger partial charge in [0.25, 0.3) is 5.69 Å². The third-order valence-corrected chi connectivity index (χ3v) is 4.51. The molecule has 0 saturated carbocycles. The number of carbonyl (C=O) groups is 1. The third kappa shape index (κ3) is 5.05. The molecule has 2 aromatic carbocycles. The number of carbonyl (C=O) groups excluding carboxylic acids is 1. The Balaban J connectivity index is 1.96. The molecule has 1 aliphatic heterocycles. The van der Waals surface area contributed by atoms with Crippen LogP contribution in [0.3, 0.4) is 0 Å². The van der Waals surface area contributed by atoms with Gasteiger partial charge in [0.05, 0.1) is 23.8 Å². The second kappa shape index (κ2) is 9.55. The number of nitro groups is 1. The monoisotopic (exact) mass is 425 g/mol. The maximum atomic E-state index is 14.5. The Hall–Kier alpha value is -3.18. The second-order valence-corrected chi connectivity index (χ2v) is 6.38. The molecule has 3 rings (SSSR count). The number of anilines is 1. The van der Waals surface area contributed by atoms with Gasteiger partial charge in [-0.15, -0.1) is 0 Å². The van der Waals surface area contributed by atoms with E-state index in [0.717, 1.165) is 18.2 Å². The zero-order valence-electron chi connectivity index (χ0n) is 15.6. The minimum Gasteiger partial charge on any atom is -0.433 e. The minimum absolute atomic E-state index is 0.0821. The molecular formula is C19H18F3N3O5. The Morgan fingerprint density at radius 2 is 1.90 bits per heavy atom. The average molecular weight is 425 g/mol. The molecule has 11 heteroatoms. The summed E-state index contributed by atoms with van der Waals surface area (Å²) in [4.78, 5) is 25.1. The molecular weight excluding hydrogens is 407 g/mol. The summed E-state index contributed by atoms with van der Waals surface area (Å²) in [5, 5.41) is 13.4. The summed E-state index contributed by atoms with van der Waals surface area (Å²) in [5.74, 6) is -1.81. The fraction of sp³-hybridized carbons (Fsp3) is 0.316. The molecule has 1 atom stereocenters. The maximum Gasteiger partial charge on any atom is 0.387 e. The number of benzene rings is 2. The van der Waals surface area contributed by atoms with E-state index < -0.39 is 40.7 Å². The van der Waals surface area contributed by atoms with Crippen molar-refractivity contribution in [3.8, 4) is 5.75 Å². The van der Waals surface area contributed by atoms with Crippen LogP contribution in [0.2, 0.25) is 0 Å². The first kappa shape index (κ1) is 21.5. The summed E-state index contributed by atoms with van der Waals surface area (Å²) in [6.07, 6.45) is 0. The summed E-state index contributed by atoms with van der Waals surface area (Å²) >= 11 is 0. The molecule has 30 heavy (non-hydrogen) atoms. The first-order valence-corrected chi connectivity index (χ1v) is 8.97. The van der Waals surface area contributed by atoms with E-state index in [-0.39, 0.29) is 11.3 Å². The van der Waals surface area contributed by atoms with Crippen LogP contribution < -0.4 is 10.1 Å². The lowest BCUT2D eigenvalue weighted by Crippen LogP contribution is -2.44. The highest BCUT2D eigenvalue weighted by atomic mass is 19.3. The minimum atomic E-state index is -3.20. The van der Waals surface area contributed by atoms with E-state index in [1.54, 1.807) is 11.0 Å². The van der Waals surface area contributed by atoms with Crippen molar-refractivity contribution in [3.05, 3.63) is 64.0 Å². The van der Waals surface area contributed by atoms with Crippen molar-refractivity contribution in [2.75, 3.05) is 31.6 Å². The smallest absolute Gasteiger partial charge is 0.387 e. The van der Waals surface area contributed by atoms with Gasteiger partial charge in [-0.25, -0.2) is 4.39 Å². The van der Waals surface area contributed by atoms with Gasteiger partial charge in [-0.2, -0.15) is 8.78 Å². The van der Waals surface area contributed by atoms with Crippen molar-refractivity contribution >= 4 is 17.3 Å². The topological polar surface area (TPSA) is 93.9 Å². The predicted octanol–water partition coefficient (Wildman–Crippen LogP) is 3.35. The largest absolute Gasteiger partial charge is 0.433 e. The Morgan fingerprint density at radius 1 is 1.20 bits per heavy atom. The highest BCUT2D eigenvalue weighted by molar-refractivity contribution is 5.97. The highest BCUT2D eigenvalue weighted by Gasteiger charge is 2.32. The van der Waals surface area contributed by atoms with E-state index >= 15 is 0 Å². The standard InChI is InChI=1S/C19H18F3N3O5/c20-14-4-2-1-3-13(14)17(24-7-9-29-10-8-24)18(26)23-15-11-12(25(27)28)5-6-16(15)30-19(21)22/h1-6,11,17,19H,7-10H2,(H,23,26)/t17-/m0/s1. The van der Waals surface area contributed by atoms with Crippen molar-refractivity contribution in [3.63, 3.8) is 0 Å². The normalized spacial score (nSPS) is 15.6. The molecule has 1 heterocycles. The highest BCUT2D eigenvalue weighted by Crippen LogP contribution is 2.33. The Kier molecular flexibility index (Phi) is 6.85. The predicted molar refractivity (Wildman–Crippen MR) is 99.9 cm³/mol. The lowest BCUT2D eigenvalue weighted by Gasteiger charge is -2.34. The molecule has 2 aromatic rings.